The van der Waals surface area contributed by atoms with Crippen molar-refractivity contribution in [1.82, 2.24) is 0 Å². The summed E-state index contributed by atoms with van der Waals surface area (Å²) >= 11 is 0. The van der Waals surface area contributed by atoms with Crippen LogP contribution in [0.4, 0.5) is 0 Å². The minimum atomic E-state index is 0.0319. The molecule has 0 aliphatic heterocycles. The van der Waals surface area contributed by atoms with E-state index in [1.807, 2.05) is 24.3 Å². The SMILES string of the molecule is COc1cc([C@H](C)c2ccc3ccccc3c2)cc(OC)c1O. The van der Waals surface area contributed by atoms with Crippen LogP contribution in [0.3, 0.4) is 0 Å². The van der Waals surface area contributed by atoms with Gasteiger partial charge in [0, 0.05) is 5.92 Å². The lowest BCUT2D eigenvalue weighted by Crippen LogP contribution is -1.99. The van der Waals surface area contributed by atoms with Crippen molar-refractivity contribution in [3.63, 3.8) is 0 Å². The maximum absolute atomic E-state index is 10.1. The van der Waals surface area contributed by atoms with E-state index in [2.05, 4.69) is 37.3 Å². The molecule has 23 heavy (non-hydrogen) atoms. The van der Waals surface area contributed by atoms with Crippen LogP contribution in [0.1, 0.15) is 24.0 Å². The predicted octanol–water partition coefficient (Wildman–Crippen LogP) is 4.71. The van der Waals surface area contributed by atoms with Crippen molar-refractivity contribution in [2.45, 2.75) is 12.8 Å². The van der Waals surface area contributed by atoms with Gasteiger partial charge in [-0.25, -0.2) is 0 Å². The Bertz CT molecular complexity index is 814. The molecule has 0 saturated heterocycles. The molecule has 3 aromatic rings. The molecule has 1 N–H and O–H groups in total. The first kappa shape index (κ1) is 15.2. The van der Waals surface area contributed by atoms with Crippen molar-refractivity contribution < 1.29 is 14.6 Å². The molecule has 0 aromatic heterocycles. The van der Waals surface area contributed by atoms with E-state index in [1.165, 1.54) is 16.3 Å². The van der Waals surface area contributed by atoms with Crippen LogP contribution in [0.25, 0.3) is 10.8 Å². The van der Waals surface area contributed by atoms with Crippen LogP contribution in [0.15, 0.2) is 54.6 Å². The highest BCUT2D eigenvalue weighted by molar-refractivity contribution is 5.83. The van der Waals surface area contributed by atoms with Crippen LogP contribution < -0.4 is 9.47 Å². The summed E-state index contributed by atoms with van der Waals surface area (Å²) in [4.78, 5) is 0. The highest BCUT2D eigenvalue weighted by Crippen LogP contribution is 2.40. The molecule has 0 radical (unpaired) electrons. The van der Waals surface area contributed by atoms with Gasteiger partial charge in [-0.3, -0.25) is 0 Å². The van der Waals surface area contributed by atoms with E-state index in [1.54, 1.807) is 14.2 Å². The van der Waals surface area contributed by atoms with Gasteiger partial charge in [-0.1, -0.05) is 49.4 Å². The second-order valence-electron chi connectivity index (χ2n) is 5.60. The van der Waals surface area contributed by atoms with Crippen LogP contribution in [0.5, 0.6) is 17.2 Å². The van der Waals surface area contributed by atoms with Crippen molar-refractivity contribution >= 4 is 10.8 Å². The zero-order valence-corrected chi connectivity index (χ0v) is 13.5. The van der Waals surface area contributed by atoms with Gasteiger partial charge in [-0.05, 0) is 34.0 Å². The average Bonchev–Trinajstić information content (AvgIpc) is 2.61. The van der Waals surface area contributed by atoms with Crippen molar-refractivity contribution in [3.8, 4) is 17.2 Å². The summed E-state index contributed by atoms with van der Waals surface area (Å²) in [6.07, 6.45) is 0. The summed E-state index contributed by atoms with van der Waals surface area (Å²) in [5.41, 5.74) is 2.24. The summed E-state index contributed by atoms with van der Waals surface area (Å²) in [5, 5.41) is 12.5. The molecule has 0 saturated carbocycles. The Balaban J connectivity index is 2.05. The minimum absolute atomic E-state index is 0.0319. The van der Waals surface area contributed by atoms with Gasteiger partial charge in [-0.2, -0.15) is 0 Å². The number of phenolic OH excluding ortho intramolecular Hbond substituents is 1. The summed E-state index contributed by atoms with van der Waals surface area (Å²) < 4.78 is 10.5. The van der Waals surface area contributed by atoms with Crippen LogP contribution in [0, 0.1) is 0 Å². The van der Waals surface area contributed by atoms with Crippen molar-refractivity contribution in [2.75, 3.05) is 14.2 Å². The average molecular weight is 308 g/mol. The van der Waals surface area contributed by atoms with Gasteiger partial charge in [0.25, 0.3) is 0 Å². The summed E-state index contributed by atoms with van der Waals surface area (Å²) in [6, 6.07) is 18.5. The number of phenols is 1. The van der Waals surface area contributed by atoms with Gasteiger partial charge in [0.1, 0.15) is 0 Å². The van der Waals surface area contributed by atoms with Gasteiger partial charge in [0.05, 0.1) is 14.2 Å². The number of benzene rings is 3. The minimum Gasteiger partial charge on any atom is -0.502 e. The van der Waals surface area contributed by atoms with Gasteiger partial charge in [0.15, 0.2) is 11.5 Å². The lowest BCUT2D eigenvalue weighted by molar-refractivity contribution is 0.339. The molecule has 3 heteroatoms. The Hall–Kier alpha value is -2.68. The molecule has 0 fully saturated rings. The fraction of sp³-hybridized carbons (Fsp3) is 0.200. The zero-order chi connectivity index (χ0) is 16.4. The monoisotopic (exact) mass is 308 g/mol. The fourth-order valence-electron chi connectivity index (χ4n) is 2.83. The molecule has 0 bridgehead atoms. The number of methoxy groups -OCH3 is 2. The molecule has 0 spiro atoms. The van der Waals surface area contributed by atoms with Crippen molar-refractivity contribution in [1.29, 1.82) is 0 Å². The lowest BCUT2D eigenvalue weighted by Gasteiger charge is -2.17. The van der Waals surface area contributed by atoms with Crippen LogP contribution in [-0.2, 0) is 0 Å². The van der Waals surface area contributed by atoms with E-state index in [4.69, 9.17) is 9.47 Å². The molecule has 0 aliphatic carbocycles. The smallest absolute Gasteiger partial charge is 0.200 e. The van der Waals surface area contributed by atoms with E-state index in [-0.39, 0.29) is 11.7 Å². The standard InChI is InChI=1S/C20H20O3/c1-13(15-9-8-14-6-4-5-7-16(14)10-15)17-11-18(22-2)20(21)19(12-17)23-3/h4-13,21H,1-3H3/t13-/m1/s1. The van der Waals surface area contributed by atoms with Crippen LogP contribution >= 0.6 is 0 Å². The molecule has 0 heterocycles. The number of fused-ring (bicyclic) bond motifs is 1. The Morgan fingerprint density at radius 2 is 1.39 bits per heavy atom. The van der Waals surface area contributed by atoms with Crippen LogP contribution in [-0.4, -0.2) is 19.3 Å². The molecule has 0 aliphatic rings. The molecule has 3 rings (SSSR count). The van der Waals surface area contributed by atoms with E-state index >= 15 is 0 Å². The second-order valence-corrected chi connectivity index (χ2v) is 5.60. The van der Waals surface area contributed by atoms with Crippen molar-refractivity contribution in [3.05, 3.63) is 65.7 Å². The van der Waals surface area contributed by atoms with E-state index in [0.717, 1.165) is 5.56 Å². The maximum Gasteiger partial charge on any atom is 0.200 e. The van der Waals surface area contributed by atoms with Crippen molar-refractivity contribution in [2.24, 2.45) is 0 Å². The fourth-order valence-corrected chi connectivity index (χ4v) is 2.83. The third-order valence-corrected chi connectivity index (χ3v) is 4.28. The molecule has 3 nitrogen and oxygen atoms in total. The van der Waals surface area contributed by atoms with E-state index in [0.29, 0.717) is 11.5 Å². The largest absolute Gasteiger partial charge is 0.502 e. The summed E-state index contributed by atoms with van der Waals surface area (Å²) in [7, 11) is 3.08. The first-order valence-corrected chi connectivity index (χ1v) is 7.57. The number of ether oxygens (including phenoxy) is 2. The highest BCUT2D eigenvalue weighted by atomic mass is 16.5. The topological polar surface area (TPSA) is 38.7 Å². The quantitative estimate of drug-likeness (QED) is 0.758. The Morgan fingerprint density at radius 3 is 2.00 bits per heavy atom. The Morgan fingerprint density at radius 1 is 0.783 bits per heavy atom. The van der Waals surface area contributed by atoms with Gasteiger partial charge >= 0.3 is 0 Å². The molecule has 118 valence electrons. The molecule has 1 atom stereocenters. The predicted molar refractivity (Wildman–Crippen MR) is 92.7 cm³/mol. The molecular formula is C20H20O3. The number of rotatable bonds is 4. The Kier molecular flexibility index (Phi) is 4.11. The highest BCUT2D eigenvalue weighted by Gasteiger charge is 2.16. The molecule has 0 unspecified atom stereocenters. The third-order valence-electron chi connectivity index (χ3n) is 4.28. The maximum atomic E-state index is 10.1. The van der Waals surface area contributed by atoms with E-state index < -0.39 is 0 Å². The van der Waals surface area contributed by atoms with Gasteiger partial charge in [-0.15, -0.1) is 0 Å². The molecule has 3 aromatic carbocycles. The third kappa shape index (κ3) is 2.82. The number of hydrogen-bond donors (Lipinski definition) is 1. The first-order chi connectivity index (χ1) is 11.1. The first-order valence-electron chi connectivity index (χ1n) is 7.57. The number of aromatic hydroxyl groups is 1. The lowest BCUT2D eigenvalue weighted by atomic mass is 9.91. The summed E-state index contributed by atoms with van der Waals surface area (Å²) in [6.45, 7) is 2.13. The summed E-state index contributed by atoms with van der Waals surface area (Å²) in [5.74, 6) is 1.03. The Labute approximate surface area is 136 Å². The van der Waals surface area contributed by atoms with E-state index in [9.17, 15) is 5.11 Å². The van der Waals surface area contributed by atoms with Gasteiger partial charge < -0.3 is 14.6 Å². The van der Waals surface area contributed by atoms with Crippen LogP contribution in [0.2, 0.25) is 0 Å². The normalized spacial score (nSPS) is 12.1. The number of hydrogen-bond acceptors (Lipinski definition) is 3. The zero-order valence-electron chi connectivity index (χ0n) is 13.5. The molecular weight excluding hydrogens is 288 g/mol. The second kappa shape index (κ2) is 6.21. The molecule has 0 amide bonds. The van der Waals surface area contributed by atoms with Gasteiger partial charge in [0.2, 0.25) is 5.75 Å².